The van der Waals surface area contributed by atoms with Gasteiger partial charge in [0.25, 0.3) is 5.91 Å². The second-order valence-corrected chi connectivity index (χ2v) is 25.1. The molecule has 7 rings (SSSR count). The minimum atomic E-state index is -2.07. The molecule has 0 bridgehead atoms. The number of nitrogens with one attached hydrogen (secondary N) is 5. The highest BCUT2D eigenvalue weighted by molar-refractivity contribution is 5.94. The fourth-order valence-electron chi connectivity index (χ4n) is 12.4. The lowest BCUT2D eigenvalue weighted by Crippen LogP contribution is -2.72. The van der Waals surface area contributed by atoms with Crippen LogP contribution >= 0.6 is 0 Å². The van der Waals surface area contributed by atoms with Gasteiger partial charge >= 0.3 is 0 Å². The third-order valence-electron chi connectivity index (χ3n) is 17.6. The molecule has 6 aliphatic heterocycles. The number of carbonyl (C=O) groups is 5. The Labute approximate surface area is 564 Å². The van der Waals surface area contributed by atoms with Crippen LogP contribution in [0.15, 0.2) is 36.4 Å². The molecule has 6 heterocycles. The van der Waals surface area contributed by atoms with E-state index in [1.54, 1.807) is 12.1 Å². The number of rotatable bonds is 31. The van der Waals surface area contributed by atoms with E-state index < -0.39 is 246 Å². The maximum atomic E-state index is 13.9. The van der Waals surface area contributed by atoms with Gasteiger partial charge in [0.2, 0.25) is 23.6 Å². The number of ether oxygens (including phenoxy) is 12. The van der Waals surface area contributed by atoms with Crippen LogP contribution in [0.4, 0.5) is 0 Å². The van der Waals surface area contributed by atoms with Crippen LogP contribution in [0.3, 0.4) is 0 Å². The van der Waals surface area contributed by atoms with Crippen molar-refractivity contribution in [2.45, 2.75) is 270 Å². The number of hydrogen-bond donors (Lipinski definition) is 19. The molecule has 30 atom stereocenters. The second kappa shape index (κ2) is 37.9. The summed E-state index contributed by atoms with van der Waals surface area (Å²) in [4.78, 5) is 65.0. The van der Waals surface area contributed by atoms with E-state index in [9.17, 15) is 95.5 Å². The number of allylic oxidation sites excluding steroid dienone is 2. The van der Waals surface area contributed by atoms with Crippen LogP contribution in [-0.2, 0) is 71.3 Å². The predicted octanol–water partition coefficient (Wildman–Crippen LogP) is -7.37. The van der Waals surface area contributed by atoms with Crippen molar-refractivity contribution >= 4 is 29.5 Å². The molecule has 0 spiro atoms. The largest absolute Gasteiger partial charge is 0.494 e. The minimum Gasteiger partial charge on any atom is -0.494 e. The first kappa shape index (κ1) is 80.4. The van der Waals surface area contributed by atoms with E-state index in [2.05, 4.69) is 45.7 Å². The smallest absolute Gasteiger partial charge is 0.251 e. The van der Waals surface area contributed by atoms with Gasteiger partial charge in [0, 0.05) is 33.3 Å². The van der Waals surface area contributed by atoms with Crippen molar-refractivity contribution in [3.63, 3.8) is 0 Å². The fourth-order valence-corrected chi connectivity index (χ4v) is 12.4. The molecule has 558 valence electrons. The fraction of sp³-hybridized carbons (Fsp3) is 0.790. The van der Waals surface area contributed by atoms with Crippen LogP contribution in [0, 0.1) is 0 Å². The van der Waals surface area contributed by atoms with E-state index in [1.807, 2.05) is 0 Å². The van der Waals surface area contributed by atoms with Crippen molar-refractivity contribution in [1.29, 1.82) is 0 Å². The third kappa shape index (κ3) is 20.5. The monoisotopic (exact) mass is 1410 g/mol. The molecule has 19 N–H and O–H groups in total. The van der Waals surface area contributed by atoms with Crippen LogP contribution in [0.2, 0.25) is 0 Å². The van der Waals surface area contributed by atoms with E-state index in [4.69, 9.17) is 56.8 Å². The summed E-state index contributed by atoms with van der Waals surface area (Å²) in [5.74, 6) is -3.72. The highest BCUT2D eigenvalue weighted by Crippen LogP contribution is 2.37. The quantitative estimate of drug-likeness (QED) is 0.0243. The molecule has 1 aromatic carbocycles. The Morgan fingerprint density at radius 3 is 1.34 bits per heavy atom. The Morgan fingerprint density at radius 2 is 0.878 bits per heavy atom. The molecular weight excluding hydrogens is 1310 g/mol. The second-order valence-electron chi connectivity index (χ2n) is 25.1. The van der Waals surface area contributed by atoms with Gasteiger partial charge in [0.15, 0.2) is 37.7 Å². The van der Waals surface area contributed by atoms with E-state index >= 15 is 0 Å². The van der Waals surface area contributed by atoms with Crippen molar-refractivity contribution < 1.29 is 152 Å². The number of aliphatic hydroxyl groups excluding tert-OH is 14. The van der Waals surface area contributed by atoms with E-state index in [0.29, 0.717) is 18.8 Å². The summed E-state index contributed by atoms with van der Waals surface area (Å²) in [5, 5.41) is 168. The minimum absolute atomic E-state index is 0.0454. The van der Waals surface area contributed by atoms with E-state index in [0.717, 1.165) is 53.4 Å². The number of carbonyl (C=O) groups excluding carboxylic acids is 5. The standard InChI is InChI=1S/C62H99N5O31/c1-7-8-9-10-11-12-13-14-15-19-87-32-18-16-17-31(20-32)56(85)67-39-45(78)44(77)33(21-68)91-58(39)95-52-34(22-69)92-59(40(47(52)80)64-28(4)73)96-53-35(23-70)93-60(41(48(53)81)65-29(5)74)97-54-36(24-71)94-61(42(49(54)82)66-30(6)75)98-55-37(90-57(86)38(46(55)79)63-27(3)72)25-88-62-51(84)50(83)43(76)26(2)89-62/h12-13,16-18,20,26,33-55,57-62,68-71,76-84,86H,7-11,14-15,19,21-25H2,1-6H3,(H,63,72)(H,64,73)(H,65,74)(H,66,75)(H,67,85)/b13-12-/t26?,33?,34-,35?,36-,37?,38-,39-,40?,41-,42?,43?,44+,45?,46-,47?,48-,49?,50-,51+,52+,53?,54+,55?,57?,58-,59?,60-,61?,62+/m0/s1. The molecule has 0 aromatic heterocycles. The number of unbranched alkanes of at least 4 members (excludes halogenated alkanes) is 5. The molecule has 6 aliphatic rings. The first-order valence-corrected chi connectivity index (χ1v) is 32.8. The average Bonchev–Trinajstić information content (AvgIpc) is 0.771. The van der Waals surface area contributed by atoms with Gasteiger partial charge in [-0.25, -0.2) is 0 Å². The highest BCUT2D eigenvalue weighted by Gasteiger charge is 2.58. The Balaban J connectivity index is 1.07. The lowest BCUT2D eigenvalue weighted by Gasteiger charge is -2.51. The molecule has 5 amide bonds. The SMILES string of the molecule is CCCCCC/C=C\CCCOc1cccc(C(=O)N[C@H]2C(O)[C@H](O)C(CO)O[C@H]2O[C@H]2C(O)C(NC(C)=O)C(OC3C(CO)O[C@@H](O[C@H]4C(O)C(NC(C)=O)C(OC5C(CO[C@@H]6OC(C)C(O)[C@H](O)[C@H]6O)OC(O)[C@@H](NC(C)=O)[C@@H]5O)O[C@H]4CO)[C@@H](NC(C)=O)[C@@H]3O)O[C@H]2CO)c1. The number of benzene rings is 1. The van der Waals surface area contributed by atoms with Gasteiger partial charge in [-0.2, -0.15) is 0 Å². The maximum Gasteiger partial charge on any atom is 0.251 e. The normalized spacial score (nSPS) is 39.9. The van der Waals surface area contributed by atoms with Crippen LogP contribution in [0.25, 0.3) is 0 Å². The molecule has 6 fully saturated rings. The Morgan fingerprint density at radius 1 is 0.449 bits per heavy atom. The van der Waals surface area contributed by atoms with Gasteiger partial charge in [-0.15, -0.1) is 0 Å². The molecule has 1 aromatic rings. The predicted molar refractivity (Wildman–Crippen MR) is 328 cm³/mol. The van der Waals surface area contributed by atoms with Crippen molar-refractivity contribution in [3.05, 3.63) is 42.0 Å². The van der Waals surface area contributed by atoms with Gasteiger partial charge in [-0.05, 0) is 50.8 Å². The Hall–Kier alpha value is -4.89. The molecule has 0 radical (unpaired) electrons. The Kier molecular flexibility index (Phi) is 31.1. The summed E-state index contributed by atoms with van der Waals surface area (Å²) in [6.45, 7) is 3.29. The third-order valence-corrected chi connectivity index (χ3v) is 17.6. The van der Waals surface area contributed by atoms with E-state index in [-0.39, 0.29) is 5.56 Å². The maximum absolute atomic E-state index is 13.9. The van der Waals surface area contributed by atoms with Crippen LogP contribution < -0.4 is 31.3 Å². The zero-order valence-electron chi connectivity index (χ0n) is 55.2. The lowest BCUT2D eigenvalue weighted by atomic mass is 9.93. The summed E-state index contributed by atoms with van der Waals surface area (Å²) in [5.41, 5.74) is 0.0454. The summed E-state index contributed by atoms with van der Waals surface area (Å²) in [7, 11) is 0. The summed E-state index contributed by atoms with van der Waals surface area (Å²) in [6.07, 6.45) is -33.6. The number of aliphatic hydroxyl groups is 14. The number of hydrogen-bond acceptors (Lipinski definition) is 31. The van der Waals surface area contributed by atoms with Crippen molar-refractivity contribution in [1.82, 2.24) is 26.6 Å². The zero-order chi connectivity index (χ0) is 71.8. The van der Waals surface area contributed by atoms with Crippen LogP contribution in [0.1, 0.15) is 96.8 Å². The average molecular weight is 1410 g/mol. The van der Waals surface area contributed by atoms with Gasteiger partial charge in [0.1, 0.15) is 146 Å². The van der Waals surface area contributed by atoms with Crippen molar-refractivity contribution in [2.75, 3.05) is 39.6 Å². The molecule has 15 unspecified atom stereocenters. The first-order valence-electron chi connectivity index (χ1n) is 32.8. The van der Waals surface area contributed by atoms with Crippen molar-refractivity contribution in [3.8, 4) is 5.75 Å². The lowest BCUT2D eigenvalue weighted by molar-refractivity contribution is -0.368. The van der Waals surface area contributed by atoms with E-state index in [1.165, 1.54) is 31.9 Å². The summed E-state index contributed by atoms with van der Waals surface area (Å²) >= 11 is 0. The molecular formula is C62H99N5O31. The molecule has 6 saturated heterocycles. The molecule has 36 heteroatoms. The van der Waals surface area contributed by atoms with Crippen LogP contribution in [0.5, 0.6) is 5.75 Å². The first-order chi connectivity index (χ1) is 46.7. The molecule has 0 aliphatic carbocycles. The molecule has 36 nitrogen and oxygen atoms in total. The highest BCUT2D eigenvalue weighted by atomic mass is 16.8. The van der Waals surface area contributed by atoms with Gasteiger partial charge in [-0.3, -0.25) is 24.0 Å². The zero-order valence-corrected chi connectivity index (χ0v) is 55.2. The molecule has 0 saturated carbocycles. The topological polar surface area (TPSA) is 539 Å². The van der Waals surface area contributed by atoms with Gasteiger partial charge < -0.3 is 155 Å². The van der Waals surface area contributed by atoms with Gasteiger partial charge in [0.05, 0.1) is 45.7 Å². The summed E-state index contributed by atoms with van der Waals surface area (Å²) < 4.78 is 71.9. The summed E-state index contributed by atoms with van der Waals surface area (Å²) in [6, 6.07) is -2.52. The van der Waals surface area contributed by atoms with Crippen LogP contribution in [-0.4, -0.2) is 325 Å². The van der Waals surface area contributed by atoms with Gasteiger partial charge in [-0.1, -0.05) is 44.4 Å². The number of amides is 5. The molecule has 98 heavy (non-hydrogen) atoms. The Bertz CT molecular complexity index is 2710. The van der Waals surface area contributed by atoms with Crippen molar-refractivity contribution in [2.24, 2.45) is 0 Å².